The number of esters is 1. The Bertz CT molecular complexity index is 947. The number of hydrogen-bond acceptors (Lipinski definition) is 5. The van der Waals surface area contributed by atoms with Gasteiger partial charge in [0.15, 0.2) is 6.10 Å². The molecule has 0 aliphatic carbocycles. The van der Waals surface area contributed by atoms with Crippen molar-refractivity contribution < 1.29 is 27.5 Å². The summed E-state index contributed by atoms with van der Waals surface area (Å²) in [5.41, 5.74) is -2.23. The molecule has 2 N–H and O–H groups in total. The van der Waals surface area contributed by atoms with Gasteiger partial charge in [0.2, 0.25) is 0 Å². The predicted molar refractivity (Wildman–Crippen MR) is 87.0 cm³/mol. The van der Waals surface area contributed by atoms with Crippen molar-refractivity contribution in [3.8, 4) is 0 Å². The number of nitrogens with one attached hydrogen (secondary N) is 2. The van der Waals surface area contributed by atoms with E-state index in [-0.39, 0.29) is 5.69 Å². The number of aromatic nitrogens is 2. The third-order valence-corrected chi connectivity index (χ3v) is 3.35. The molecule has 27 heavy (non-hydrogen) atoms. The van der Waals surface area contributed by atoms with Gasteiger partial charge in [-0.1, -0.05) is 0 Å². The average molecular weight is 385 g/mol. The number of benzene rings is 1. The second kappa shape index (κ2) is 7.89. The van der Waals surface area contributed by atoms with Crippen LogP contribution in [0.5, 0.6) is 0 Å². The molecule has 2 rings (SSSR count). The Morgan fingerprint density at radius 2 is 1.81 bits per heavy atom. The number of hydrogen-bond donors (Lipinski definition) is 2. The normalized spacial score (nSPS) is 12.3. The standard InChI is InChI=1S/C16H14F3N3O5/c1-9(27-13(24)8-22-7-6-12(23)21-15(22)26)14(25)20-11-4-2-10(3-5-11)16(17,18)19/h2-7,9H,8H2,1H3,(H,20,25)(H,21,23,26)/t9-/m0/s1. The highest BCUT2D eigenvalue weighted by molar-refractivity contribution is 5.95. The zero-order valence-electron chi connectivity index (χ0n) is 13.9. The summed E-state index contributed by atoms with van der Waals surface area (Å²) in [6.45, 7) is 0.723. The molecule has 144 valence electrons. The Morgan fingerprint density at radius 1 is 1.19 bits per heavy atom. The highest BCUT2D eigenvalue weighted by atomic mass is 19.4. The van der Waals surface area contributed by atoms with E-state index in [1.54, 1.807) is 0 Å². The molecule has 0 aliphatic heterocycles. The molecule has 0 bridgehead atoms. The fraction of sp³-hybridized carbons (Fsp3) is 0.250. The van der Waals surface area contributed by atoms with Gasteiger partial charge in [0.25, 0.3) is 11.5 Å². The lowest BCUT2D eigenvalue weighted by atomic mass is 10.2. The van der Waals surface area contributed by atoms with Gasteiger partial charge in [-0.05, 0) is 31.2 Å². The second-order valence-electron chi connectivity index (χ2n) is 5.43. The molecule has 0 spiro atoms. The number of halogens is 3. The molecule has 8 nitrogen and oxygen atoms in total. The molecule has 2 aromatic rings. The monoisotopic (exact) mass is 385 g/mol. The van der Waals surface area contributed by atoms with E-state index in [2.05, 4.69) is 5.32 Å². The lowest BCUT2D eigenvalue weighted by molar-refractivity contribution is -0.153. The van der Waals surface area contributed by atoms with Gasteiger partial charge < -0.3 is 10.1 Å². The van der Waals surface area contributed by atoms with Crippen LogP contribution in [0.2, 0.25) is 0 Å². The summed E-state index contributed by atoms with van der Waals surface area (Å²) in [6.07, 6.45) is -4.67. The number of alkyl halides is 3. The minimum absolute atomic E-state index is 0.0905. The van der Waals surface area contributed by atoms with Crippen molar-refractivity contribution in [2.75, 3.05) is 5.32 Å². The van der Waals surface area contributed by atoms with Crippen molar-refractivity contribution in [1.82, 2.24) is 9.55 Å². The molecule has 1 aromatic heterocycles. The van der Waals surface area contributed by atoms with E-state index < -0.39 is 47.5 Å². The first kappa shape index (κ1) is 19.9. The Hall–Kier alpha value is -3.37. The smallest absolute Gasteiger partial charge is 0.416 e. The minimum Gasteiger partial charge on any atom is -0.451 e. The third kappa shape index (κ3) is 5.56. The van der Waals surface area contributed by atoms with Gasteiger partial charge in [-0.25, -0.2) is 4.79 Å². The lowest BCUT2D eigenvalue weighted by Gasteiger charge is -2.14. The van der Waals surface area contributed by atoms with E-state index in [1.807, 2.05) is 4.98 Å². The van der Waals surface area contributed by atoms with E-state index in [1.165, 1.54) is 6.92 Å². The quantitative estimate of drug-likeness (QED) is 0.750. The lowest BCUT2D eigenvalue weighted by Crippen LogP contribution is -2.34. The fourth-order valence-corrected chi connectivity index (χ4v) is 1.98. The molecule has 0 unspecified atom stereocenters. The maximum Gasteiger partial charge on any atom is 0.416 e. The number of ether oxygens (including phenoxy) is 1. The first-order valence-electron chi connectivity index (χ1n) is 7.53. The first-order chi connectivity index (χ1) is 12.6. The number of H-pyrrole nitrogens is 1. The largest absolute Gasteiger partial charge is 0.451 e. The van der Waals surface area contributed by atoms with Gasteiger partial charge in [-0.15, -0.1) is 0 Å². The molecule has 0 saturated heterocycles. The van der Waals surface area contributed by atoms with Crippen LogP contribution in [0.15, 0.2) is 46.1 Å². The minimum atomic E-state index is -4.49. The molecule has 1 aromatic carbocycles. The molecule has 0 saturated carbocycles. The zero-order chi connectivity index (χ0) is 20.2. The van der Waals surface area contributed by atoms with Crippen LogP contribution in [0.1, 0.15) is 12.5 Å². The number of amides is 1. The van der Waals surface area contributed by atoms with Gasteiger partial charge >= 0.3 is 17.8 Å². The van der Waals surface area contributed by atoms with Crippen LogP contribution >= 0.6 is 0 Å². The molecule has 1 atom stereocenters. The van der Waals surface area contributed by atoms with Crippen LogP contribution in [0.25, 0.3) is 0 Å². The molecule has 0 fully saturated rings. The number of carbonyl (C=O) groups is 2. The molecular formula is C16H14F3N3O5. The van der Waals surface area contributed by atoms with Crippen LogP contribution in [0.4, 0.5) is 18.9 Å². The number of rotatable bonds is 5. The average Bonchev–Trinajstić information content (AvgIpc) is 2.57. The number of carbonyl (C=O) groups excluding carboxylic acids is 2. The Labute approximate surface area is 149 Å². The van der Waals surface area contributed by atoms with Crippen molar-refractivity contribution in [3.63, 3.8) is 0 Å². The zero-order valence-corrected chi connectivity index (χ0v) is 13.9. The van der Waals surface area contributed by atoms with Crippen LogP contribution in [0.3, 0.4) is 0 Å². The topological polar surface area (TPSA) is 110 Å². The van der Waals surface area contributed by atoms with Crippen molar-refractivity contribution in [1.29, 1.82) is 0 Å². The van der Waals surface area contributed by atoms with Gasteiger partial charge in [-0.2, -0.15) is 13.2 Å². The molecule has 1 amide bonds. The molecule has 1 heterocycles. The van der Waals surface area contributed by atoms with E-state index in [4.69, 9.17) is 4.74 Å². The predicted octanol–water partition coefficient (Wildman–Crippen LogP) is 1.13. The highest BCUT2D eigenvalue weighted by Gasteiger charge is 2.30. The molecule has 0 aliphatic rings. The third-order valence-electron chi connectivity index (χ3n) is 3.35. The van der Waals surface area contributed by atoms with Gasteiger partial charge in [0.05, 0.1) is 5.56 Å². The van der Waals surface area contributed by atoms with Crippen LogP contribution in [0, 0.1) is 0 Å². The van der Waals surface area contributed by atoms with E-state index in [0.717, 1.165) is 41.1 Å². The van der Waals surface area contributed by atoms with Crippen LogP contribution in [-0.4, -0.2) is 27.5 Å². The number of nitrogens with zero attached hydrogens (tertiary/aromatic N) is 1. The second-order valence-corrected chi connectivity index (χ2v) is 5.43. The summed E-state index contributed by atoms with van der Waals surface area (Å²) in [4.78, 5) is 48.1. The Kier molecular flexibility index (Phi) is 5.83. The van der Waals surface area contributed by atoms with Gasteiger partial charge in [-0.3, -0.25) is 23.9 Å². The summed E-state index contributed by atoms with van der Waals surface area (Å²) < 4.78 is 43.2. The molecule has 0 radical (unpaired) electrons. The van der Waals surface area contributed by atoms with Crippen LogP contribution in [-0.2, 0) is 27.0 Å². The summed E-state index contributed by atoms with van der Waals surface area (Å²) in [7, 11) is 0. The van der Waals surface area contributed by atoms with Gasteiger partial charge in [0, 0.05) is 18.0 Å². The Morgan fingerprint density at radius 3 is 2.37 bits per heavy atom. The van der Waals surface area contributed by atoms with Crippen molar-refractivity contribution in [2.45, 2.75) is 25.7 Å². The summed E-state index contributed by atoms with van der Waals surface area (Å²) in [5.74, 6) is -1.68. The van der Waals surface area contributed by atoms with E-state index in [9.17, 15) is 32.3 Å². The number of aromatic amines is 1. The summed E-state index contributed by atoms with van der Waals surface area (Å²) in [5, 5.41) is 2.31. The molecule has 11 heteroatoms. The maximum absolute atomic E-state index is 12.5. The van der Waals surface area contributed by atoms with Crippen molar-refractivity contribution in [2.24, 2.45) is 0 Å². The highest BCUT2D eigenvalue weighted by Crippen LogP contribution is 2.29. The van der Waals surface area contributed by atoms with E-state index >= 15 is 0 Å². The SMILES string of the molecule is C[C@H](OC(=O)Cn1ccc(=O)[nH]c1=O)C(=O)Nc1ccc(C(F)(F)F)cc1. The number of anilines is 1. The molecular weight excluding hydrogens is 371 g/mol. The van der Waals surface area contributed by atoms with E-state index in [0.29, 0.717) is 0 Å². The summed E-state index contributed by atoms with van der Waals surface area (Å²) >= 11 is 0. The summed E-state index contributed by atoms with van der Waals surface area (Å²) in [6, 6.07) is 4.77. The Balaban J connectivity index is 1.93. The fourth-order valence-electron chi connectivity index (χ4n) is 1.98. The maximum atomic E-state index is 12.5. The van der Waals surface area contributed by atoms with Crippen molar-refractivity contribution in [3.05, 3.63) is 62.9 Å². The van der Waals surface area contributed by atoms with Crippen molar-refractivity contribution >= 4 is 17.6 Å². The van der Waals surface area contributed by atoms with Gasteiger partial charge in [0.1, 0.15) is 6.54 Å². The van der Waals surface area contributed by atoms with Crippen LogP contribution < -0.4 is 16.6 Å². The first-order valence-corrected chi connectivity index (χ1v) is 7.53.